The van der Waals surface area contributed by atoms with Gasteiger partial charge in [0.2, 0.25) is 0 Å². The number of hydrogen-bond donors (Lipinski definition) is 0. The van der Waals surface area contributed by atoms with E-state index in [-0.39, 0.29) is 5.78 Å². The Hall–Kier alpha value is -2.03. The van der Waals surface area contributed by atoms with Crippen molar-refractivity contribution < 1.29 is 4.79 Å². The van der Waals surface area contributed by atoms with Crippen LogP contribution in [0.15, 0.2) is 36.5 Å². The van der Waals surface area contributed by atoms with Gasteiger partial charge in [-0.25, -0.2) is 9.97 Å². The predicted molar refractivity (Wildman–Crippen MR) is 62.2 cm³/mol. The molecule has 0 atom stereocenters. The Morgan fingerprint density at radius 2 is 1.94 bits per heavy atom. The molecule has 1 heterocycles. The van der Waals surface area contributed by atoms with Crippen LogP contribution in [0.2, 0.25) is 0 Å². The second-order valence-corrected chi connectivity index (χ2v) is 3.59. The maximum absolute atomic E-state index is 11.5. The maximum Gasteiger partial charge on any atom is 0.160 e. The molecule has 0 aliphatic carbocycles. The van der Waals surface area contributed by atoms with Crippen LogP contribution in [0.3, 0.4) is 0 Å². The summed E-state index contributed by atoms with van der Waals surface area (Å²) in [6.45, 7) is 3.40. The van der Waals surface area contributed by atoms with Gasteiger partial charge < -0.3 is 0 Å². The van der Waals surface area contributed by atoms with Crippen molar-refractivity contribution in [3.05, 3.63) is 47.9 Å². The summed E-state index contributed by atoms with van der Waals surface area (Å²) in [6, 6.07) is 9.29. The van der Waals surface area contributed by atoms with E-state index in [1.807, 2.05) is 37.3 Å². The molecule has 0 aliphatic rings. The van der Waals surface area contributed by atoms with Crippen LogP contribution in [0.5, 0.6) is 0 Å². The monoisotopic (exact) mass is 212 g/mol. The summed E-state index contributed by atoms with van der Waals surface area (Å²) in [4.78, 5) is 19.8. The summed E-state index contributed by atoms with van der Waals surface area (Å²) in [5.74, 6) is 0.753. The van der Waals surface area contributed by atoms with E-state index in [9.17, 15) is 4.79 Å². The highest BCUT2D eigenvalue weighted by atomic mass is 16.1. The zero-order chi connectivity index (χ0) is 11.5. The molecule has 0 saturated carbocycles. The lowest BCUT2D eigenvalue weighted by molar-refractivity contribution is 0.101. The van der Waals surface area contributed by atoms with E-state index in [0.29, 0.717) is 11.4 Å². The van der Waals surface area contributed by atoms with Crippen molar-refractivity contribution >= 4 is 5.78 Å². The van der Waals surface area contributed by atoms with Gasteiger partial charge in [-0.15, -0.1) is 0 Å². The second-order valence-electron chi connectivity index (χ2n) is 3.59. The van der Waals surface area contributed by atoms with Gasteiger partial charge in [-0.1, -0.05) is 24.3 Å². The summed E-state index contributed by atoms with van der Waals surface area (Å²) in [5.41, 5.74) is 2.35. The number of aromatic nitrogens is 2. The Balaban J connectivity index is 2.60. The Kier molecular flexibility index (Phi) is 2.77. The molecule has 0 aliphatic heterocycles. The number of nitrogens with zero attached hydrogens (tertiary/aromatic N) is 2. The van der Waals surface area contributed by atoms with Crippen LogP contribution >= 0.6 is 0 Å². The van der Waals surface area contributed by atoms with E-state index in [0.717, 1.165) is 11.3 Å². The molecular weight excluding hydrogens is 200 g/mol. The van der Waals surface area contributed by atoms with Crippen molar-refractivity contribution in [2.45, 2.75) is 13.8 Å². The van der Waals surface area contributed by atoms with Crippen LogP contribution in [0.1, 0.15) is 23.1 Å². The summed E-state index contributed by atoms with van der Waals surface area (Å²) >= 11 is 0. The van der Waals surface area contributed by atoms with Crippen molar-refractivity contribution in [1.29, 1.82) is 0 Å². The van der Waals surface area contributed by atoms with Crippen LogP contribution < -0.4 is 0 Å². The van der Waals surface area contributed by atoms with E-state index in [1.165, 1.54) is 0 Å². The first-order valence-corrected chi connectivity index (χ1v) is 5.08. The molecule has 3 nitrogen and oxygen atoms in total. The van der Waals surface area contributed by atoms with Crippen molar-refractivity contribution in [3.8, 4) is 11.3 Å². The number of ketones is 1. The first kappa shape index (κ1) is 10.5. The number of rotatable bonds is 2. The normalized spacial score (nSPS) is 10.1. The number of benzene rings is 1. The fourth-order valence-electron chi connectivity index (χ4n) is 1.62. The molecule has 0 fully saturated rings. The molecule has 2 rings (SSSR count). The molecule has 0 radical (unpaired) electrons. The Bertz CT molecular complexity index is 535. The minimum Gasteiger partial charge on any atom is -0.294 e. The number of aryl methyl sites for hydroxylation is 1. The zero-order valence-corrected chi connectivity index (χ0v) is 9.27. The van der Waals surface area contributed by atoms with E-state index in [4.69, 9.17) is 0 Å². The first-order valence-electron chi connectivity index (χ1n) is 5.08. The zero-order valence-electron chi connectivity index (χ0n) is 9.27. The number of Topliss-reactive ketones (excluding diaryl/α,β-unsaturated/α-hetero) is 1. The quantitative estimate of drug-likeness (QED) is 0.719. The summed E-state index contributed by atoms with van der Waals surface area (Å²) in [5, 5.41) is 0. The highest BCUT2D eigenvalue weighted by molar-refractivity contribution is 6.00. The smallest absolute Gasteiger partial charge is 0.160 e. The average Bonchev–Trinajstić information content (AvgIpc) is 2.29. The third-order valence-corrected chi connectivity index (χ3v) is 2.36. The maximum atomic E-state index is 11.5. The average molecular weight is 212 g/mol. The molecule has 0 spiro atoms. The molecule has 0 unspecified atom stereocenters. The number of carbonyl (C=O) groups excluding carboxylic acids is 1. The minimum absolute atomic E-state index is 0.0480. The van der Waals surface area contributed by atoms with E-state index in [1.54, 1.807) is 13.1 Å². The highest BCUT2D eigenvalue weighted by Crippen LogP contribution is 2.21. The third kappa shape index (κ3) is 1.98. The largest absolute Gasteiger partial charge is 0.294 e. The summed E-state index contributed by atoms with van der Waals surface area (Å²) in [6.07, 6.45) is 1.70. The number of hydrogen-bond acceptors (Lipinski definition) is 3. The molecule has 0 amide bonds. The fraction of sp³-hybridized carbons (Fsp3) is 0.154. The lowest BCUT2D eigenvalue weighted by atomic mass is 10.0. The van der Waals surface area contributed by atoms with Crippen LogP contribution in [0.4, 0.5) is 0 Å². The molecule has 0 saturated heterocycles. The van der Waals surface area contributed by atoms with Crippen molar-refractivity contribution in [2.24, 2.45) is 0 Å². The molecule has 16 heavy (non-hydrogen) atoms. The van der Waals surface area contributed by atoms with Crippen LogP contribution in [0, 0.1) is 6.92 Å². The molecule has 0 bridgehead atoms. The number of carbonyl (C=O) groups is 1. The summed E-state index contributed by atoms with van der Waals surface area (Å²) in [7, 11) is 0. The standard InChI is InChI=1S/C13H12N2O/c1-9(16)11-5-3-4-6-12(11)13-7-8-14-10(2)15-13/h3-8H,1-2H3. The first-order chi connectivity index (χ1) is 7.68. The lowest BCUT2D eigenvalue weighted by Gasteiger charge is -2.06. The van der Waals surface area contributed by atoms with Gasteiger partial charge in [-0.3, -0.25) is 4.79 Å². The Labute approximate surface area is 94.2 Å². The van der Waals surface area contributed by atoms with E-state index < -0.39 is 0 Å². The van der Waals surface area contributed by atoms with Crippen molar-refractivity contribution in [1.82, 2.24) is 9.97 Å². The molecule has 3 heteroatoms. The predicted octanol–water partition coefficient (Wildman–Crippen LogP) is 2.65. The van der Waals surface area contributed by atoms with Crippen LogP contribution in [-0.2, 0) is 0 Å². The van der Waals surface area contributed by atoms with Gasteiger partial charge in [0, 0.05) is 17.3 Å². The molecule has 1 aromatic heterocycles. The van der Waals surface area contributed by atoms with Gasteiger partial charge in [0.05, 0.1) is 5.69 Å². The molecule has 2 aromatic rings. The van der Waals surface area contributed by atoms with Crippen molar-refractivity contribution in [3.63, 3.8) is 0 Å². The molecule has 0 N–H and O–H groups in total. The third-order valence-electron chi connectivity index (χ3n) is 2.36. The molecular formula is C13H12N2O. The van der Waals surface area contributed by atoms with Crippen LogP contribution in [0.25, 0.3) is 11.3 Å². The lowest BCUT2D eigenvalue weighted by Crippen LogP contribution is -1.98. The van der Waals surface area contributed by atoms with Gasteiger partial charge in [-0.05, 0) is 19.9 Å². The SMILES string of the molecule is CC(=O)c1ccccc1-c1ccnc(C)n1. The van der Waals surface area contributed by atoms with Gasteiger partial charge in [-0.2, -0.15) is 0 Å². The van der Waals surface area contributed by atoms with Gasteiger partial charge in [0.1, 0.15) is 5.82 Å². The summed E-state index contributed by atoms with van der Waals surface area (Å²) < 4.78 is 0. The minimum atomic E-state index is 0.0480. The van der Waals surface area contributed by atoms with Gasteiger partial charge >= 0.3 is 0 Å². The fourth-order valence-corrected chi connectivity index (χ4v) is 1.62. The van der Waals surface area contributed by atoms with Crippen molar-refractivity contribution in [2.75, 3.05) is 0 Å². The van der Waals surface area contributed by atoms with Gasteiger partial charge in [0.25, 0.3) is 0 Å². The van der Waals surface area contributed by atoms with E-state index in [2.05, 4.69) is 9.97 Å². The Morgan fingerprint density at radius 3 is 2.62 bits per heavy atom. The topological polar surface area (TPSA) is 42.9 Å². The van der Waals surface area contributed by atoms with E-state index >= 15 is 0 Å². The van der Waals surface area contributed by atoms with Gasteiger partial charge in [0.15, 0.2) is 5.78 Å². The van der Waals surface area contributed by atoms with Crippen LogP contribution in [-0.4, -0.2) is 15.8 Å². The molecule has 1 aromatic carbocycles. The molecule has 80 valence electrons. The second kappa shape index (κ2) is 4.23. The Morgan fingerprint density at radius 1 is 1.19 bits per heavy atom. The highest BCUT2D eigenvalue weighted by Gasteiger charge is 2.09.